The summed E-state index contributed by atoms with van der Waals surface area (Å²) in [6.07, 6.45) is -0.377. The maximum absolute atomic E-state index is 13.4. The van der Waals surface area contributed by atoms with Crippen molar-refractivity contribution in [1.82, 2.24) is 15.1 Å². The molecule has 2 aliphatic rings. The Labute approximate surface area is 173 Å². The number of benzene rings is 1. The maximum atomic E-state index is 13.4. The van der Waals surface area contributed by atoms with Crippen LogP contribution in [0.3, 0.4) is 0 Å². The van der Waals surface area contributed by atoms with E-state index in [2.05, 4.69) is 10.3 Å². The second kappa shape index (κ2) is 9.55. The van der Waals surface area contributed by atoms with Crippen molar-refractivity contribution >= 4 is 23.9 Å². The van der Waals surface area contributed by atoms with Gasteiger partial charge >= 0.3 is 12.1 Å². The highest BCUT2D eigenvalue weighted by Gasteiger charge is 2.42. The summed E-state index contributed by atoms with van der Waals surface area (Å²) < 4.78 is 23.4. The fourth-order valence-corrected chi connectivity index (χ4v) is 3.44. The predicted molar refractivity (Wildman–Crippen MR) is 105 cm³/mol. The van der Waals surface area contributed by atoms with Crippen LogP contribution in [0, 0.1) is 11.7 Å². The van der Waals surface area contributed by atoms with Crippen LogP contribution >= 0.6 is 0 Å². The lowest BCUT2D eigenvalue weighted by molar-refractivity contribution is -0.153. The average Bonchev–Trinajstić information content (AvgIpc) is 2.74. The second-order valence-electron chi connectivity index (χ2n) is 6.84. The minimum absolute atomic E-state index is 0.130. The summed E-state index contributed by atoms with van der Waals surface area (Å²) in [7, 11) is 0. The Hall–Kier alpha value is -3.17. The minimum atomic E-state index is -1.17. The fraction of sp³-hybridized carbons (Fsp3) is 0.500. The van der Waals surface area contributed by atoms with E-state index in [0.717, 1.165) is 0 Å². The summed E-state index contributed by atoms with van der Waals surface area (Å²) in [5, 5.41) is 2.68. The number of hydrogen-bond donors (Lipinski definition) is 1. The number of rotatable bonds is 4. The monoisotopic (exact) mass is 420 g/mol. The Morgan fingerprint density at radius 3 is 2.33 bits per heavy atom. The lowest BCUT2D eigenvalue weighted by atomic mass is 9.91. The third-order valence-corrected chi connectivity index (χ3v) is 4.95. The van der Waals surface area contributed by atoms with E-state index in [1.165, 1.54) is 24.3 Å². The van der Waals surface area contributed by atoms with E-state index in [1.54, 1.807) is 18.7 Å². The van der Waals surface area contributed by atoms with Crippen LogP contribution in [0.4, 0.5) is 9.18 Å². The first-order chi connectivity index (χ1) is 14.4. The van der Waals surface area contributed by atoms with Gasteiger partial charge in [-0.25, -0.2) is 14.2 Å². The quantitative estimate of drug-likeness (QED) is 0.582. The molecule has 1 aromatic rings. The summed E-state index contributed by atoms with van der Waals surface area (Å²) in [6, 6.07) is 4.70. The van der Waals surface area contributed by atoms with Gasteiger partial charge in [0, 0.05) is 26.2 Å². The van der Waals surface area contributed by atoms with Gasteiger partial charge in [-0.1, -0.05) is 12.1 Å². The Bertz CT molecular complexity index is 821. The van der Waals surface area contributed by atoms with Gasteiger partial charge in [-0.15, -0.1) is 0 Å². The number of carbonyl (C=O) groups excluding carboxylic acids is 3. The third kappa shape index (κ3) is 4.69. The molecule has 0 radical (unpaired) electrons. The van der Waals surface area contributed by atoms with Crippen molar-refractivity contribution in [3.05, 3.63) is 35.6 Å². The van der Waals surface area contributed by atoms with Crippen LogP contribution < -0.4 is 5.32 Å². The van der Waals surface area contributed by atoms with E-state index >= 15 is 0 Å². The fourth-order valence-electron chi connectivity index (χ4n) is 3.44. The zero-order valence-corrected chi connectivity index (χ0v) is 17.0. The van der Waals surface area contributed by atoms with Crippen LogP contribution in [0.25, 0.3) is 0 Å². The zero-order valence-electron chi connectivity index (χ0n) is 17.0. The van der Waals surface area contributed by atoms with E-state index in [-0.39, 0.29) is 12.7 Å². The molecule has 1 fully saturated rings. The highest BCUT2D eigenvalue weighted by atomic mass is 19.1. The Balaban J connectivity index is 1.82. The zero-order chi connectivity index (χ0) is 21.7. The van der Waals surface area contributed by atoms with Crippen LogP contribution in [-0.2, 0) is 19.1 Å². The molecular formula is C20H25FN4O5. The van der Waals surface area contributed by atoms with Crippen LogP contribution in [0.5, 0.6) is 0 Å². The van der Waals surface area contributed by atoms with Gasteiger partial charge in [0.15, 0.2) is 5.92 Å². The molecule has 9 nitrogen and oxygen atoms in total. The molecule has 2 atom stereocenters. The molecule has 1 saturated heterocycles. The molecule has 0 aliphatic carbocycles. The molecule has 2 aliphatic heterocycles. The first-order valence-corrected chi connectivity index (χ1v) is 9.92. The van der Waals surface area contributed by atoms with E-state index < -0.39 is 29.7 Å². The molecule has 30 heavy (non-hydrogen) atoms. The number of nitrogens with zero attached hydrogens (tertiary/aromatic N) is 3. The van der Waals surface area contributed by atoms with Crippen molar-refractivity contribution in [2.75, 3.05) is 39.4 Å². The molecule has 2 heterocycles. The molecule has 0 bridgehead atoms. The van der Waals surface area contributed by atoms with Crippen LogP contribution in [-0.4, -0.2) is 73.1 Å². The number of halogens is 1. The van der Waals surface area contributed by atoms with Gasteiger partial charge in [0.2, 0.25) is 11.9 Å². The predicted octanol–water partition coefficient (Wildman–Crippen LogP) is 1.31. The molecule has 162 valence electrons. The van der Waals surface area contributed by atoms with Crippen LogP contribution in [0.15, 0.2) is 29.3 Å². The van der Waals surface area contributed by atoms with Crippen LogP contribution in [0.1, 0.15) is 25.5 Å². The SMILES string of the molecule is CCOC(=O)[C@H]1C(=O)NC(N2CCN(C(=O)OCC)CC2)=N[C@H]1c1ccc(F)cc1. The summed E-state index contributed by atoms with van der Waals surface area (Å²) in [6.45, 7) is 5.55. The van der Waals surface area contributed by atoms with Crippen molar-refractivity contribution in [3.63, 3.8) is 0 Å². The number of guanidine groups is 1. The molecule has 0 spiro atoms. The third-order valence-electron chi connectivity index (χ3n) is 4.95. The molecule has 0 saturated carbocycles. The molecule has 0 aromatic heterocycles. The number of carbonyl (C=O) groups is 3. The van der Waals surface area contributed by atoms with Gasteiger partial charge in [-0.2, -0.15) is 0 Å². The second-order valence-corrected chi connectivity index (χ2v) is 6.84. The Kier molecular flexibility index (Phi) is 6.86. The number of amides is 2. The van der Waals surface area contributed by atoms with Crippen molar-refractivity contribution < 1.29 is 28.2 Å². The van der Waals surface area contributed by atoms with Gasteiger partial charge in [0.25, 0.3) is 0 Å². The van der Waals surface area contributed by atoms with Crippen molar-refractivity contribution in [1.29, 1.82) is 0 Å². The van der Waals surface area contributed by atoms with E-state index in [4.69, 9.17) is 9.47 Å². The van der Waals surface area contributed by atoms with Crippen molar-refractivity contribution in [2.45, 2.75) is 19.9 Å². The number of piperazine rings is 1. The topological polar surface area (TPSA) is 101 Å². The van der Waals surface area contributed by atoms with Crippen molar-refractivity contribution in [2.24, 2.45) is 10.9 Å². The minimum Gasteiger partial charge on any atom is -0.465 e. The molecular weight excluding hydrogens is 395 g/mol. The van der Waals surface area contributed by atoms with E-state index in [1.807, 2.05) is 4.90 Å². The Morgan fingerprint density at radius 1 is 1.10 bits per heavy atom. The summed E-state index contributed by atoms with van der Waals surface area (Å²) in [5.74, 6) is -2.48. The number of hydrogen-bond acceptors (Lipinski definition) is 7. The smallest absolute Gasteiger partial charge is 0.409 e. The number of ether oxygens (including phenoxy) is 2. The maximum Gasteiger partial charge on any atom is 0.409 e. The van der Waals surface area contributed by atoms with Gasteiger partial charge in [-0.05, 0) is 31.5 Å². The number of nitrogens with one attached hydrogen (secondary N) is 1. The normalized spacial score (nSPS) is 21.6. The van der Waals surface area contributed by atoms with Gasteiger partial charge < -0.3 is 19.3 Å². The summed E-state index contributed by atoms with van der Waals surface area (Å²) >= 11 is 0. The molecule has 1 aromatic carbocycles. The highest BCUT2D eigenvalue weighted by molar-refractivity contribution is 6.08. The van der Waals surface area contributed by atoms with Gasteiger partial charge in [-0.3, -0.25) is 14.9 Å². The first kappa shape index (κ1) is 21.5. The number of aliphatic imine (C=N–C) groups is 1. The molecule has 1 N–H and O–H groups in total. The molecule has 10 heteroatoms. The van der Waals surface area contributed by atoms with E-state index in [9.17, 15) is 18.8 Å². The molecule has 2 amide bonds. The highest BCUT2D eigenvalue weighted by Crippen LogP contribution is 2.31. The standard InChI is InChI=1S/C20H25FN4O5/c1-3-29-18(27)15-16(13-5-7-14(21)8-6-13)22-19(23-17(15)26)24-9-11-25(12-10-24)20(28)30-4-2/h5-8,15-16H,3-4,9-12H2,1-2H3,(H,22,23,26)/t15-,16+/m1/s1. The number of esters is 1. The largest absolute Gasteiger partial charge is 0.465 e. The van der Waals surface area contributed by atoms with Crippen LogP contribution in [0.2, 0.25) is 0 Å². The van der Waals surface area contributed by atoms with Crippen molar-refractivity contribution in [3.8, 4) is 0 Å². The molecule has 3 rings (SSSR count). The average molecular weight is 420 g/mol. The van der Waals surface area contributed by atoms with Gasteiger partial charge in [0.1, 0.15) is 11.9 Å². The molecule has 0 unspecified atom stereocenters. The lowest BCUT2D eigenvalue weighted by Gasteiger charge is -2.38. The summed E-state index contributed by atoms with van der Waals surface area (Å²) in [4.78, 5) is 45.1. The lowest BCUT2D eigenvalue weighted by Crippen LogP contribution is -2.58. The first-order valence-electron chi connectivity index (χ1n) is 9.92. The van der Waals surface area contributed by atoms with Gasteiger partial charge in [0.05, 0.1) is 13.2 Å². The summed E-state index contributed by atoms with van der Waals surface area (Å²) in [5.41, 5.74) is 0.534. The Morgan fingerprint density at radius 2 is 1.73 bits per heavy atom. The van der Waals surface area contributed by atoms with E-state index in [0.29, 0.717) is 44.3 Å².